The summed E-state index contributed by atoms with van der Waals surface area (Å²) in [6.07, 6.45) is 4.64. The van der Waals surface area contributed by atoms with Gasteiger partial charge in [-0.2, -0.15) is 0 Å². The monoisotopic (exact) mass is 230 g/mol. The van der Waals surface area contributed by atoms with E-state index < -0.39 is 0 Å². The Hall–Kier alpha value is -2.14. The van der Waals surface area contributed by atoms with Gasteiger partial charge in [0.05, 0.1) is 0 Å². The minimum atomic E-state index is -0.218. The quantitative estimate of drug-likeness (QED) is 0.843. The van der Waals surface area contributed by atoms with Gasteiger partial charge < -0.3 is 10.6 Å². The molecule has 0 unspecified atom stereocenters. The third kappa shape index (κ3) is 2.92. The Morgan fingerprint density at radius 3 is 3.06 bits per heavy atom. The van der Waals surface area contributed by atoms with Crippen molar-refractivity contribution < 1.29 is 4.79 Å². The number of rotatable bonds is 3. The van der Waals surface area contributed by atoms with Crippen molar-refractivity contribution in [2.24, 2.45) is 0 Å². The lowest BCUT2D eigenvalue weighted by Crippen LogP contribution is -2.18. The van der Waals surface area contributed by atoms with Gasteiger partial charge in [-0.3, -0.25) is 4.57 Å². The second-order valence-corrected chi connectivity index (χ2v) is 3.63. The van der Waals surface area contributed by atoms with E-state index in [4.69, 9.17) is 0 Å². The fourth-order valence-corrected chi connectivity index (χ4v) is 1.53. The van der Waals surface area contributed by atoms with Crippen molar-refractivity contribution in [2.45, 2.75) is 6.54 Å². The van der Waals surface area contributed by atoms with Crippen LogP contribution in [-0.2, 0) is 6.54 Å². The van der Waals surface area contributed by atoms with Crippen LogP contribution in [-0.4, -0.2) is 22.6 Å². The standard InChI is InChI=1S/C12H14N4O/c1-13-8-10-3-2-4-11(7-10)15-12(17)16-6-5-14-9-16/h2-7,9,13H,8H2,1H3,(H,15,17). The van der Waals surface area contributed by atoms with Crippen LogP contribution < -0.4 is 10.6 Å². The van der Waals surface area contributed by atoms with E-state index in [1.165, 1.54) is 10.9 Å². The van der Waals surface area contributed by atoms with Crippen molar-refractivity contribution in [3.63, 3.8) is 0 Å². The second kappa shape index (κ2) is 5.27. The van der Waals surface area contributed by atoms with Crippen molar-refractivity contribution >= 4 is 11.7 Å². The van der Waals surface area contributed by atoms with Crippen LogP contribution in [0.4, 0.5) is 10.5 Å². The number of aromatic nitrogens is 2. The molecule has 17 heavy (non-hydrogen) atoms. The van der Waals surface area contributed by atoms with Crippen LogP contribution in [0.3, 0.4) is 0 Å². The van der Waals surface area contributed by atoms with Crippen molar-refractivity contribution in [3.8, 4) is 0 Å². The van der Waals surface area contributed by atoms with E-state index in [-0.39, 0.29) is 6.03 Å². The maximum absolute atomic E-state index is 11.7. The fourth-order valence-electron chi connectivity index (χ4n) is 1.53. The fraction of sp³-hybridized carbons (Fsp3) is 0.167. The molecule has 0 radical (unpaired) electrons. The first-order chi connectivity index (χ1) is 8.29. The normalized spacial score (nSPS) is 10.2. The first kappa shape index (κ1) is 11.3. The summed E-state index contributed by atoms with van der Waals surface area (Å²) < 4.78 is 1.39. The molecule has 5 nitrogen and oxygen atoms in total. The van der Waals surface area contributed by atoms with E-state index in [0.29, 0.717) is 0 Å². The van der Waals surface area contributed by atoms with Crippen LogP contribution >= 0.6 is 0 Å². The average molecular weight is 230 g/mol. The largest absolute Gasteiger partial charge is 0.331 e. The molecule has 0 saturated carbocycles. The molecule has 1 amide bonds. The number of anilines is 1. The smallest absolute Gasteiger partial charge is 0.316 e. The molecule has 2 aromatic rings. The van der Waals surface area contributed by atoms with Gasteiger partial charge in [-0.1, -0.05) is 12.1 Å². The van der Waals surface area contributed by atoms with Gasteiger partial charge in [-0.05, 0) is 24.7 Å². The number of carbonyl (C=O) groups is 1. The molecule has 0 aliphatic rings. The van der Waals surface area contributed by atoms with E-state index in [1.807, 2.05) is 31.3 Å². The number of benzene rings is 1. The van der Waals surface area contributed by atoms with E-state index in [9.17, 15) is 4.79 Å². The van der Waals surface area contributed by atoms with Crippen molar-refractivity contribution in [1.82, 2.24) is 14.9 Å². The molecular formula is C12H14N4O. The summed E-state index contributed by atoms with van der Waals surface area (Å²) in [7, 11) is 1.89. The Morgan fingerprint density at radius 2 is 2.35 bits per heavy atom. The van der Waals surface area contributed by atoms with E-state index in [1.54, 1.807) is 12.4 Å². The van der Waals surface area contributed by atoms with Crippen LogP contribution in [0.25, 0.3) is 0 Å². The van der Waals surface area contributed by atoms with Gasteiger partial charge in [0, 0.05) is 24.6 Å². The number of imidazole rings is 1. The van der Waals surface area contributed by atoms with Crippen LogP contribution in [0.1, 0.15) is 5.56 Å². The van der Waals surface area contributed by atoms with Gasteiger partial charge >= 0.3 is 6.03 Å². The molecule has 2 N–H and O–H groups in total. The Bertz CT molecular complexity index is 493. The Morgan fingerprint density at radius 1 is 1.47 bits per heavy atom. The number of nitrogens with zero attached hydrogens (tertiary/aromatic N) is 2. The van der Waals surface area contributed by atoms with E-state index >= 15 is 0 Å². The molecule has 2 rings (SSSR count). The highest BCUT2D eigenvalue weighted by molar-refractivity contribution is 5.90. The maximum Gasteiger partial charge on any atom is 0.331 e. The van der Waals surface area contributed by atoms with Gasteiger partial charge in [0.15, 0.2) is 0 Å². The summed E-state index contributed by atoms with van der Waals surface area (Å²) in [6, 6.07) is 7.49. The number of amides is 1. The Balaban J connectivity index is 2.08. The highest BCUT2D eigenvalue weighted by atomic mass is 16.2. The SMILES string of the molecule is CNCc1cccc(NC(=O)n2ccnc2)c1. The Kier molecular flexibility index (Phi) is 3.52. The summed E-state index contributed by atoms with van der Waals surface area (Å²) in [5.41, 5.74) is 1.90. The first-order valence-corrected chi connectivity index (χ1v) is 5.32. The highest BCUT2D eigenvalue weighted by Gasteiger charge is 2.03. The van der Waals surface area contributed by atoms with Crippen LogP contribution in [0.5, 0.6) is 0 Å². The van der Waals surface area contributed by atoms with Gasteiger partial charge in [-0.25, -0.2) is 9.78 Å². The molecule has 5 heteroatoms. The van der Waals surface area contributed by atoms with E-state index in [0.717, 1.165) is 17.8 Å². The molecule has 0 bridgehead atoms. The molecule has 0 saturated heterocycles. The topological polar surface area (TPSA) is 58.9 Å². The van der Waals surface area contributed by atoms with Crippen molar-refractivity contribution in [3.05, 3.63) is 48.5 Å². The third-order valence-corrected chi connectivity index (χ3v) is 2.30. The van der Waals surface area contributed by atoms with Gasteiger partial charge in [0.25, 0.3) is 0 Å². The number of hydrogen-bond donors (Lipinski definition) is 2. The molecule has 0 spiro atoms. The molecule has 1 aromatic carbocycles. The summed E-state index contributed by atoms with van der Waals surface area (Å²) in [6.45, 7) is 0.773. The lowest BCUT2D eigenvalue weighted by molar-refractivity contribution is 0.253. The summed E-state index contributed by atoms with van der Waals surface area (Å²) in [5, 5.41) is 5.86. The Labute approximate surface area is 99.5 Å². The second-order valence-electron chi connectivity index (χ2n) is 3.63. The third-order valence-electron chi connectivity index (χ3n) is 2.30. The lowest BCUT2D eigenvalue weighted by atomic mass is 10.2. The zero-order valence-corrected chi connectivity index (χ0v) is 9.55. The molecule has 0 aliphatic heterocycles. The minimum Gasteiger partial charge on any atom is -0.316 e. The van der Waals surface area contributed by atoms with Crippen LogP contribution in [0.2, 0.25) is 0 Å². The van der Waals surface area contributed by atoms with E-state index in [2.05, 4.69) is 15.6 Å². The first-order valence-electron chi connectivity index (χ1n) is 5.32. The lowest BCUT2D eigenvalue weighted by Gasteiger charge is -2.07. The molecular weight excluding hydrogens is 216 g/mol. The highest BCUT2D eigenvalue weighted by Crippen LogP contribution is 2.10. The molecule has 0 fully saturated rings. The van der Waals surface area contributed by atoms with Gasteiger partial charge in [0.2, 0.25) is 0 Å². The van der Waals surface area contributed by atoms with Crippen LogP contribution in [0, 0.1) is 0 Å². The summed E-state index contributed by atoms with van der Waals surface area (Å²) >= 11 is 0. The minimum absolute atomic E-state index is 0.218. The zero-order valence-electron chi connectivity index (χ0n) is 9.55. The molecule has 1 heterocycles. The molecule has 88 valence electrons. The average Bonchev–Trinajstić information content (AvgIpc) is 2.83. The van der Waals surface area contributed by atoms with Crippen LogP contribution in [0.15, 0.2) is 43.0 Å². The predicted molar refractivity (Wildman–Crippen MR) is 65.8 cm³/mol. The summed E-state index contributed by atoms with van der Waals surface area (Å²) in [5.74, 6) is 0. The number of hydrogen-bond acceptors (Lipinski definition) is 3. The van der Waals surface area contributed by atoms with Gasteiger partial charge in [0.1, 0.15) is 6.33 Å². The molecule has 0 atom stereocenters. The summed E-state index contributed by atoms with van der Waals surface area (Å²) in [4.78, 5) is 15.6. The van der Waals surface area contributed by atoms with Crippen molar-refractivity contribution in [1.29, 1.82) is 0 Å². The molecule has 1 aromatic heterocycles. The van der Waals surface area contributed by atoms with Gasteiger partial charge in [-0.15, -0.1) is 0 Å². The zero-order chi connectivity index (χ0) is 12.1. The number of nitrogens with one attached hydrogen (secondary N) is 2. The van der Waals surface area contributed by atoms with Crippen molar-refractivity contribution in [2.75, 3.05) is 12.4 Å². The number of carbonyl (C=O) groups excluding carboxylic acids is 1. The predicted octanol–water partition coefficient (Wildman–Crippen LogP) is 1.68. The maximum atomic E-state index is 11.7. The molecule has 0 aliphatic carbocycles.